The van der Waals surface area contributed by atoms with Gasteiger partial charge in [-0.2, -0.15) is 0 Å². The summed E-state index contributed by atoms with van der Waals surface area (Å²) < 4.78 is 39.6. The lowest BCUT2D eigenvalue weighted by Crippen LogP contribution is -2.70. The highest BCUT2D eigenvalue weighted by molar-refractivity contribution is 6.01. The smallest absolute Gasteiger partial charge is 0.222 e. The Morgan fingerprint density at radius 1 is 0.980 bits per heavy atom. The number of aliphatic hydroxyl groups excluding tert-OH is 9. The van der Waals surface area contributed by atoms with Gasteiger partial charge in [0.25, 0.3) is 0 Å². The molecule has 5 fully saturated rings. The molecule has 10 N–H and O–H groups in total. The number of alkyl halides is 1. The molecule has 2 heterocycles. The van der Waals surface area contributed by atoms with Crippen LogP contribution in [0.1, 0.15) is 39.5 Å². The number of fused-ring (bicyclic) bond motifs is 5. The zero-order valence-electron chi connectivity index (χ0n) is 27.6. The van der Waals surface area contributed by atoms with Crippen molar-refractivity contribution in [3.8, 4) is 0 Å². The maximum absolute atomic E-state index is 17.4. The van der Waals surface area contributed by atoms with Crippen LogP contribution in [0.5, 0.6) is 0 Å². The number of ketones is 2. The Kier molecular flexibility index (Phi) is 9.82. The zero-order chi connectivity index (χ0) is 36.8. The molecule has 17 heteroatoms. The van der Waals surface area contributed by atoms with Gasteiger partial charge in [-0.1, -0.05) is 18.6 Å². The van der Waals surface area contributed by atoms with E-state index in [1.165, 1.54) is 25.2 Å². The Morgan fingerprint density at radius 3 is 2.30 bits per heavy atom. The Morgan fingerprint density at radius 2 is 1.66 bits per heavy atom. The third-order valence-electron chi connectivity index (χ3n) is 12.8. The highest BCUT2D eigenvalue weighted by atomic mass is 19.1. The summed E-state index contributed by atoms with van der Waals surface area (Å²) in [6, 6.07) is 0. The molecular weight excluding hydrogens is 671 g/mol. The standard InChI is InChI=1S/C33H47FO16/c1-29-6-5-15(38)7-14(29)3-4-16-17-8-20(39)33(46,30(17,2)9-21(40)32(16,29)34)22(41)12-47-31(13-37)27(45)26(19(11-36)50-31)49-28-25(44)24(43)23(42)18(10-35)48-28/h5-7,16-21,23-28,35-37,39-40,42-46H,3-4,8-13H2,1-2H3/t16-,17-,18?,19+,20+,21-,23-,24+,25?,26-,27?,28-,29-,30-,31+,32-,33-/m0/s1. The molecule has 0 amide bonds. The van der Waals surface area contributed by atoms with E-state index in [0.29, 0.717) is 12.0 Å². The fourth-order valence-corrected chi connectivity index (χ4v) is 9.81. The number of ether oxygens (including phenoxy) is 4. The summed E-state index contributed by atoms with van der Waals surface area (Å²) in [5.41, 5.74) is -7.28. The largest absolute Gasteiger partial charge is 0.394 e. The van der Waals surface area contributed by atoms with Crippen molar-refractivity contribution < 1.29 is 84.0 Å². The summed E-state index contributed by atoms with van der Waals surface area (Å²) in [4.78, 5) is 26.1. The molecular formula is C33H47FO16. The lowest BCUT2D eigenvalue weighted by molar-refractivity contribution is -0.319. The molecule has 17 atom stereocenters. The second kappa shape index (κ2) is 12.9. The normalized spacial score (nSPS) is 53.1. The van der Waals surface area contributed by atoms with Gasteiger partial charge < -0.3 is 70.0 Å². The Bertz CT molecular complexity index is 1410. The first kappa shape index (κ1) is 37.9. The average Bonchev–Trinajstić information content (AvgIpc) is 3.47. The summed E-state index contributed by atoms with van der Waals surface area (Å²) in [5, 5.41) is 107. The minimum Gasteiger partial charge on any atom is -0.394 e. The lowest BCUT2D eigenvalue weighted by atomic mass is 9.44. The monoisotopic (exact) mass is 718 g/mol. The summed E-state index contributed by atoms with van der Waals surface area (Å²) in [7, 11) is 0. The van der Waals surface area contributed by atoms with Crippen molar-refractivity contribution >= 4 is 11.6 Å². The molecule has 0 bridgehead atoms. The lowest BCUT2D eigenvalue weighted by Gasteiger charge is -2.62. The Balaban J connectivity index is 1.21. The zero-order valence-corrected chi connectivity index (χ0v) is 27.6. The van der Waals surface area contributed by atoms with Gasteiger partial charge in [0, 0.05) is 16.7 Å². The Labute approximate surface area is 286 Å². The van der Waals surface area contributed by atoms with E-state index < -0.39 is 140 Å². The molecule has 3 saturated carbocycles. The van der Waals surface area contributed by atoms with Gasteiger partial charge in [0.05, 0.1) is 25.4 Å². The molecule has 2 saturated heterocycles. The minimum absolute atomic E-state index is 0.176. The van der Waals surface area contributed by atoms with E-state index in [0.717, 1.165) is 0 Å². The predicted molar refractivity (Wildman–Crippen MR) is 162 cm³/mol. The predicted octanol–water partition coefficient (Wildman–Crippen LogP) is -3.73. The molecule has 50 heavy (non-hydrogen) atoms. The third-order valence-corrected chi connectivity index (χ3v) is 12.8. The van der Waals surface area contributed by atoms with Crippen LogP contribution < -0.4 is 0 Å². The van der Waals surface area contributed by atoms with Gasteiger partial charge >= 0.3 is 0 Å². The number of rotatable bonds is 9. The van der Waals surface area contributed by atoms with Gasteiger partial charge in [-0.05, 0) is 50.7 Å². The van der Waals surface area contributed by atoms with Gasteiger partial charge in [0.15, 0.2) is 29.1 Å². The van der Waals surface area contributed by atoms with Crippen molar-refractivity contribution in [3.63, 3.8) is 0 Å². The van der Waals surface area contributed by atoms with Gasteiger partial charge in [-0.3, -0.25) is 9.59 Å². The first-order valence-electron chi connectivity index (χ1n) is 16.8. The van der Waals surface area contributed by atoms with Crippen LogP contribution >= 0.6 is 0 Å². The average molecular weight is 719 g/mol. The van der Waals surface area contributed by atoms with E-state index in [-0.39, 0.29) is 18.6 Å². The quantitative estimate of drug-likeness (QED) is 0.110. The molecule has 6 aliphatic rings. The van der Waals surface area contributed by atoms with E-state index in [9.17, 15) is 60.7 Å². The fourth-order valence-electron chi connectivity index (χ4n) is 9.81. The molecule has 4 aliphatic carbocycles. The van der Waals surface area contributed by atoms with Crippen molar-refractivity contribution in [1.82, 2.24) is 0 Å². The minimum atomic E-state index is -2.60. The van der Waals surface area contributed by atoms with E-state index in [4.69, 9.17) is 18.9 Å². The molecule has 282 valence electrons. The molecule has 2 aliphatic heterocycles. The van der Waals surface area contributed by atoms with Crippen LogP contribution in [0.25, 0.3) is 0 Å². The third kappa shape index (κ3) is 5.09. The van der Waals surface area contributed by atoms with Crippen LogP contribution in [-0.2, 0) is 28.5 Å². The van der Waals surface area contributed by atoms with Crippen molar-refractivity contribution in [2.75, 3.05) is 26.4 Å². The summed E-state index contributed by atoms with van der Waals surface area (Å²) >= 11 is 0. The number of Topliss-reactive ketones (excluding diaryl/α,β-unsaturated/α-hetero) is 1. The van der Waals surface area contributed by atoms with Crippen LogP contribution in [-0.4, -0.2) is 167 Å². The SMILES string of the molecule is C[C@]12C=CC(=O)C=C1CC[C@H]1[C@@H]3C[C@@H](O)[C@](O)(C(=O)CO[C@]4(CO)O[C@H](CO)[C@H](O[C@@H]5OC(CO)[C@H](O)[C@@H](O)C5O)C4O)[C@@]3(C)C[C@H](O)[C@@]12F. The second-order valence-corrected chi connectivity index (χ2v) is 15.0. The van der Waals surface area contributed by atoms with Crippen LogP contribution in [0.3, 0.4) is 0 Å². The van der Waals surface area contributed by atoms with Gasteiger partial charge in [-0.15, -0.1) is 0 Å². The first-order valence-corrected chi connectivity index (χ1v) is 16.8. The van der Waals surface area contributed by atoms with Gasteiger partial charge in [-0.25, -0.2) is 4.39 Å². The first-order chi connectivity index (χ1) is 23.4. The van der Waals surface area contributed by atoms with E-state index in [1.807, 2.05) is 0 Å². The van der Waals surface area contributed by atoms with Crippen molar-refractivity contribution in [1.29, 1.82) is 0 Å². The summed E-state index contributed by atoms with van der Waals surface area (Å²) in [6.45, 7) is -0.774. The number of carbonyl (C=O) groups excluding carboxylic acids is 2. The van der Waals surface area contributed by atoms with Crippen LogP contribution in [0.15, 0.2) is 23.8 Å². The van der Waals surface area contributed by atoms with Crippen molar-refractivity contribution in [2.45, 2.75) is 118 Å². The maximum Gasteiger partial charge on any atom is 0.222 e. The second-order valence-electron chi connectivity index (χ2n) is 15.0. The van der Waals surface area contributed by atoms with Gasteiger partial charge in [0.2, 0.25) is 5.79 Å². The van der Waals surface area contributed by atoms with Crippen molar-refractivity contribution in [2.24, 2.45) is 22.7 Å². The number of aliphatic hydroxyl groups is 10. The number of allylic oxidation sites excluding steroid dienone is 4. The fraction of sp³-hybridized carbons (Fsp3) is 0.818. The highest BCUT2D eigenvalue weighted by Crippen LogP contribution is 2.69. The van der Waals surface area contributed by atoms with Crippen molar-refractivity contribution in [3.05, 3.63) is 23.8 Å². The number of carbonyl (C=O) groups is 2. The number of hydrogen-bond acceptors (Lipinski definition) is 16. The van der Waals surface area contributed by atoms with Crippen LogP contribution in [0.4, 0.5) is 4.39 Å². The van der Waals surface area contributed by atoms with E-state index >= 15 is 4.39 Å². The summed E-state index contributed by atoms with van der Waals surface area (Å²) in [6.07, 6.45) is -13.3. The number of halogens is 1. The molecule has 0 aromatic carbocycles. The molecule has 0 aromatic heterocycles. The topological polar surface area (TPSA) is 273 Å². The van der Waals surface area contributed by atoms with Crippen LogP contribution in [0.2, 0.25) is 0 Å². The van der Waals surface area contributed by atoms with E-state index in [1.54, 1.807) is 6.92 Å². The molecule has 0 aromatic rings. The van der Waals surface area contributed by atoms with E-state index in [2.05, 4.69) is 0 Å². The molecule has 16 nitrogen and oxygen atoms in total. The Hall–Kier alpha value is -1.81. The molecule has 0 spiro atoms. The number of hydrogen-bond donors (Lipinski definition) is 10. The van der Waals surface area contributed by atoms with Crippen LogP contribution in [0, 0.1) is 22.7 Å². The molecule has 0 radical (unpaired) electrons. The maximum atomic E-state index is 17.4. The summed E-state index contributed by atoms with van der Waals surface area (Å²) in [5.74, 6) is -5.63. The van der Waals surface area contributed by atoms with Gasteiger partial charge in [0.1, 0.15) is 55.9 Å². The molecule has 6 rings (SSSR count). The molecule has 3 unspecified atom stereocenters. The highest BCUT2D eigenvalue weighted by Gasteiger charge is 2.76.